The smallest absolute Gasteiger partial charge is 0.270 e. The molecule has 4 aromatic rings. The summed E-state index contributed by atoms with van der Waals surface area (Å²) >= 11 is 1.24. The number of aromatic nitrogens is 3. The highest BCUT2D eigenvalue weighted by molar-refractivity contribution is 7.99. The maximum absolute atomic E-state index is 12.5. The summed E-state index contributed by atoms with van der Waals surface area (Å²) in [4.78, 5) is 23.3. The second-order valence-corrected chi connectivity index (χ2v) is 7.88. The minimum atomic E-state index is -0.446. The van der Waals surface area contributed by atoms with E-state index in [-0.39, 0.29) is 17.3 Å². The SMILES string of the molecule is Cc1ccccc1NC(=O)CSc1nnc(-c2cccc([N+](=O)[O-])c2)n1-c1ccccc1. The number of benzene rings is 3. The van der Waals surface area contributed by atoms with Crippen LogP contribution in [0.3, 0.4) is 0 Å². The zero-order valence-corrected chi connectivity index (χ0v) is 18.0. The van der Waals surface area contributed by atoms with Gasteiger partial charge in [-0.25, -0.2) is 0 Å². The number of rotatable bonds is 7. The normalized spacial score (nSPS) is 10.7. The fourth-order valence-electron chi connectivity index (χ4n) is 3.15. The number of para-hydroxylation sites is 2. The lowest BCUT2D eigenvalue weighted by atomic mass is 10.2. The first-order chi connectivity index (χ1) is 15.5. The average molecular weight is 446 g/mol. The number of nitrogens with zero attached hydrogens (tertiary/aromatic N) is 4. The first kappa shape index (κ1) is 21.3. The molecular formula is C23H19N5O3S. The lowest BCUT2D eigenvalue weighted by Gasteiger charge is -2.11. The van der Waals surface area contributed by atoms with E-state index in [0.717, 1.165) is 16.9 Å². The van der Waals surface area contributed by atoms with Gasteiger partial charge in [-0.05, 0) is 30.7 Å². The number of non-ortho nitro benzene ring substituents is 1. The van der Waals surface area contributed by atoms with Crippen LogP contribution in [0.15, 0.2) is 84.0 Å². The zero-order valence-electron chi connectivity index (χ0n) is 17.1. The maximum Gasteiger partial charge on any atom is 0.270 e. The molecule has 0 spiro atoms. The summed E-state index contributed by atoms with van der Waals surface area (Å²) in [7, 11) is 0. The minimum Gasteiger partial charge on any atom is -0.325 e. The highest BCUT2D eigenvalue weighted by Gasteiger charge is 2.19. The Labute approximate surface area is 188 Å². The molecule has 0 bridgehead atoms. The number of amides is 1. The van der Waals surface area contributed by atoms with E-state index in [0.29, 0.717) is 16.5 Å². The molecule has 1 heterocycles. The third kappa shape index (κ3) is 4.68. The summed E-state index contributed by atoms with van der Waals surface area (Å²) in [6.45, 7) is 1.93. The zero-order chi connectivity index (χ0) is 22.5. The number of carbonyl (C=O) groups excluding carboxylic acids is 1. The van der Waals surface area contributed by atoms with Crippen LogP contribution in [-0.2, 0) is 4.79 Å². The Morgan fingerprint density at radius 2 is 1.78 bits per heavy atom. The molecule has 0 saturated heterocycles. The molecule has 32 heavy (non-hydrogen) atoms. The summed E-state index contributed by atoms with van der Waals surface area (Å²) < 4.78 is 1.80. The van der Waals surface area contributed by atoms with E-state index in [4.69, 9.17) is 0 Å². The Balaban J connectivity index is 1.63. The van der Waals surface area contributed by atoms with Crippen molar-refractivity contribution in [2.45, 2.75) is 12.1 Å². The van der Waals surface area contributed by atoms with E-state index in [9.17, 15) is 14.9 Å². The number of aryl methyl sites for hydroxylation is 1. The molecule has 0 radical (unpaired) electrons. The monoisotopic (exact) mass is 445 g/mol. The van der Waals surface area contributed by atoms with Crippen LogP contribution in [0.2, 0.25) is 0 Å². The molecule has 1 N–H and O–H groups in total. The van der Waals surface area contributed by atoms with Crippen LogP contribution >= 0.6 is 11.8 Å². The number of nitro benzene ring substituents is 1. The standard InChI is InChI=1S/C23H19N5O3S/c1-16-8-5-6-13-20(16)24-21(29)15-32-23-26-25-22(27(23)18-10-3-2-4-11-18)17-9-7-12-19(14-17)28(30)31/h2-14H,15H2,1H3,(H,24,29). The molecule has 3 aromatic carbocycles. The number of nitro groups is 1. The van der Waals surface area contributed by atoms with E-state index in [1.54, 1.807) is 16.7 Å². The number of thioether (sulfide) groups is 1. The lowest BCUT2D eigenvalue weighted by Crippen LogP contribution is -2.15. The maximum atomic E-state index is 12.5. The molecule has 0 atom stereocenters. The van der Waals surface area contributed by atoms with Crippen LogP contribution in [0.5, 0.6) is 0 Å². The summed E-state index contributed by atoms with van der Waals surface area (Å²) in [6, 6.07) is 23.2. The molecule has 0 saturated carbocycles. The summed E-state index contributed by atoms with van der Waals surface area (Å²) in [5.74, 6) is 0.430. The Morgan fingerprint density at radius 3 is 2.53 bits per heavy atom. The second kappa shape index (κ2) is 9.44. The van der Waals surface area contributed by atoms with Crippen molar-refractivity contribution in [3.05, 3.63) is 94.5 Å². The van der Waals surface area contributed by atoms with Crippen molar-refractivity contribution >= 4 is 29.0 Å². The van der Waals surface area contributed by atoms with Gasteiger partial charge in [-0.2, -0.15) is 0 Å². The van der Waals surface area contributed by atoms with Gasteiger partial charge in [0.15, 0.2) is 11.0 Å². The summed E-state index contributed by atoms with van der Waals surface area (Å²) in [6.07, 6.45) is 0. The third-order valence-electron chi connectivity index (χ3n) is 4.71. The van der Waals surface area contributed by atoms with Gasteiger partial charge in [-0.1, -0.05) is 60.3 Å². The van der Waals surface area contributed by atoms with Crippen LogP contribution in [0.1, 0.15) is 5.56 Å². The molecule has 0 aliphatic heterocycles. The number of anilines is 1. The number of nitrogens with one attached hydrogen (secondary N) is 1. The van der Waals surface area contributed by atoms with Gasteiger partial charge < -0.3 is 5.32 Å². The van der Waals surface area contributed by atoms with Gasteiger partial charge in [0.1, 0.15) is 0 Å². The van der Waals surface area contributed by atoms with Crippen molar-refractivity contribution < 1.29 is 9.72 Å². The van der Waals surface area contributed by atoms with Crippen molar-refractivity contribution in [1.29, 1.82) is 0 Å². The highest BCUT2D eigenvalue weighted by Crippen LogP contribution is 2.29. The average Bonchev–Trinajstić information content (AvgIpc) is 3.24. The van der Waals surface area contributed by atoms with E-state index < -0.39 is 4.92 Å². The van der Waals surface area contributed by atoms with Crippen LogP contribution in [0, 0.1) is 17.0 Å². The Bertz CT molecular complexity index is 1270. The predicted octanol–water partition coefficient (Wildman–Crippen LogP) is 4.88. The van der Waals surface area contributed by atoms with Gasteiger partial charge in [0.05, 0.1) is 10.7 Å². The summed E-state index contributed by atoms with van der Waals surface area (Å²) in [5, 5.41) is 23.2. The minimum absolute atomic E-state index is 0.0306. The second-order valence-electron chi connectivity index (χ2n) is 6.94. The highest BCUT2D eigenvalue weighted by atomic mass is 32.2. The Kier molecular flexibility index (Phi) is 6.27. The van der Waals surface area contributed by atoms with Crippen LogP contribution < -0.4 is 5.32 Å². The topological polar surface area (TPSA) is 103 Å². The van der Waals surface area contributed by atoms with Gasteiger partial charge in [-0.15, -0.1) is 10.2 Å². The van der Waals surface area contributed by atoms with Gasteiger partial charge in [-0.3, -0.25) is 19.5 Å². The number of hydrogen-bond acceptors (Lipinski definition) is 6. The van der Waals surface area contributed by atoms with Crippen LogP contribution in [-0.4, -0.2) is 31.3 Å². The van der Waals surface area contributed by atoms with Crippen molar-refractivity contribution in [2.75, 3.05) is 11.1 Å². The van der Waals surface area contributed by atoms with Crippen molar-refractivity contribution in [3.8, 4) is 17.1 Å². The van der Waals surface area contributed by atoms with Crippen molar-refractivity contribution in [2.24, 2.45) is 0 Å². The van der Waals surface area contributed by atoms with E-state index in [2.05, 4.69) is 15.5 Å². The van der Waals surface area contributed by atoms with E-state index >= 15 is 0 Å². The third-order valence-corrected chi connectivity index (χ3v) is 5.64. The van der Waals surface area contributed by atoms with Crippen molar-refractivity contribution in [3.63, 3.8) is 0 Å². The van der Waals surface area contributed by atoms with Gasteiger partial charge >= 0.3 is 0 Å². The lowest BCUT2D eigenvalue weighted by molar-refractivity contribution is -0.384. The van der Waals surface area contributed by atoms with Gasteiger partial charge in [0, 0.05) is 29.1 Å². The molecule has 0 unspecified atom stereocenters. The first-order valence-corrected chi connectivity index (χ1v) is 10.8. The van der Waals surface area contributed by atoms with E-state index in [1.165, 1.54) is 23.9 Å². The fraction of sp³-hybridized carbons (Fsp3) is 0.0870. The molecule has 160 valence electrons. The van der Waals surface area contributed by atoms with Crippen LogP contribution in [0.4, 0.5) is 11.4 Å². The fourth-order valence-corrected chi connectivity index (χ4v) is 3.90. The number of hydrogen-bond donors (Lipinski definition) is 1. The van der Waals surface area contributed by atoms with E-state index in [1.807, 2.05) is 61.5 Å². The van der Waals surface area contributed by atoms with Crippen LogP contribution in [0.25, 0.3) is 17.1 Å². The number of carbonyl (C=O) groups is 1. The predicted molar refractivity (Wildman–Crippen MR) is 124 cm³/mol. The molecule has 9 heteroatoms. The molecule has 0 aliphatic carbocycles. The molecule has 8 nitrogen and oxygen atoms in total. The largest absolute Gasteiger partial charge is 0.325 e. The summed E-state index contributed by atoms with van der Waals surface area (Å²) in [5.41, 5.74) is 3.07. The van der Waals surface area contributed by atoms with Gasteiger partial charge in [0.25, 0.3) is 5.69 Å². The molecule has 1 amide bonds. The molecule has 0 aliphatic rings. The quantitative estimate of drug-likeness (QED) is 0.247. The van der Waals surface area contributed by atoms with Crippen molar-refractivity contribution in [1.82, 2.24) is 14.8 Å². The Morgan fingerprint density at radius 1 is 1.03 bits per heavy atom. The molecule has 1 aromatic heterocycles. The Hall–Kier alpha value is -3.98. The molecule has 4 rings (SSSR count). The van der Waals surface area contributed by atoms with Gasteiger partial charge in [0.2, 0.25) is 5.91 Å². The first-order valence-electron chi connectivity index (χ1n) is 9.77. The molecular weight excluding hydrogens is 426 g/mol. The molecule has 0 fully saturated rings.